The van der Waals surface area contributed by atoms with E-state index in [9.17, 15) is 0 Å². The summed E-state index contributed by atoms with van der Waals surface area (Å²) in [5.41, 5.74) is 0. The molecule has 2 heteroatoms. The van der Waals surface area contributed by atoms with Crippen molar-refractivity contribution < 1.29 is 17.1 Å². The van der Waals surface area contributed by atoms with Gasteiger partial charge in [-0.3, -0.25) is 0 Å². The van der Waals surface area contributed by atoms with Crippen LogP contribution >= 0.6 is 11.6 Å². The predicted octanol–water partition coefficient (Wildman–Crippen LogP) is 5.22. The van der Waals surface area contributed by atoms with Crippen molar-refractivity contribution in [1.29, 1.82) is 0 Å². The van der Waals surface area contributed by atoms with E-state index >= 15 is 0 Å². The number of rotatable bonds is 3. The van der Waals surface area contributed by atoms with Crippen LogP contribution in [0.25, 0.3) is 0 Å². The van der Waals surface area contributed by atoms with Crippen molar-refractivity contribution in [2.24, 2.45) is 0 Å². The van der Waals surface area contributed by atoms with E-state index in [0.29, 0.717) is 0 Å². The van der Waals surface area contributed by atoms with E-state index in [2.05, 4.69) is 6.92 Å². The van der Waals surface area contributed by atoms with E-state index < -0.39 is 0 Å². The molecule has 0 nitrogen and oxygen atoms in total. The molecule has 0 fully saturated rings. The molecule has 0 unspecified atom stereocenters. The number of halogens is 1. The molecule has 0 heterocycles. The summed E-state index contributed by atoms with van der Waals surface area (Å²) in [5.74, 6) is 0.827. The molecule has 0 aromatic heterocycles. The fraction of sp³-hybridized carbons (Fsp3) is 0.333. The third-order valence-electron chi connectivity index (χ3n) is 1.85. The molecule has 0 atom stereocenters. The minimum atomic E-state index is 0. The van der Waals surface area contributed by atoms with Crippen LogP contribution in [0.15, 0.2) is 60.7 Å². The molecule has 0 bridgehead atoms. The van der Waals surface area contributed by atoms with E-state index in [4.69, 9.17) is 11.6 Å². The van der Waals surface area contributed by atoms with Gasteiger partial charge in [0.25, 0.3) is 0 Å². The van der Waals surface area contributed by atoms with Crippen LogP contribution in [-0.4, -0.2) is 5.88 Å². The molecule has 0 aliphatic carbocycles. The molecule has 2 aromatic rings. The fourth-order valence-corrected chi connectivity index (χ4v) is 1.17. The Labute approximate surface area is 121 Å². The Hall–Kier alpha value is -0.491. The number of hydrogen-bond acceptors (Lipinski definition) is 0. The molecule has 0 N–H and O–H groups in total. The Kier molecular flexibility index (Phi) is 19.9. The van der Waals surface area contributed by atoms with Gasteiger partial charge in [0, 0.05) is 22.9 Å². The summed E-state index contributed by atoms with van der Waals surface area (Å²) in [6, 6.07) is 20.0. The second kappa shape index (κ2) is 17.9. The number of alkyl halides is 1. The molecule has 0 aliphatic rings. The molecule has 102 valence electrons. The third-order valence-corrected chi connectivity index (χ3v) is 2.12. The maximum atomic E-state index is 5.38. The maximum Gasteiger partial charge on any atom is 0.0223 e. The predicted molar refractivity (Wildman–Crippen MR) is 74.3 cm³/mol. The summed E-state index contributed by atoms with van der Waals surface area (Å²) in [5, 5.41) is 0. The van der Waals surface area contributed by atoms with Crippen LogP contribution in [0.4, 0.5) is 0 Å². The van der Waals surface area contributed by atoms with Gasteiger partial charge in [-0.1, -0.05) is 19.8 Å². The maximum absolute atomic E-state index is 5.38. The van der Waals surface area contributed by atoms with Gasteiger partial charge in [0.15, 0.2) is 0 Å². The van der Waals surface area contributed by atoms with Gasteiger partial charge in [0.1, 0.15) is 0 Å². The Balaban J connectivity index is 0. The van der Waals surface area contributed by atoms with Crippen LogP contribution in [0.5, 0.6) is 0 Å². The van der Waals surface area contributed by atoms with Gasteiger partial charge < -0.3 is 30.3 Å². The van der Waals surface area contributed by atoms with Crippen molar-refractivity contribution in [1.82, 2.24) is 0 Å². The molecule has 0 saturated heterocycles. The normalized spacial score (nSPS) is 7.88. The van der Waals surface area contributed by atoms with E-state index in [1.807, 2.05) is 60.7 Å². The minimum Gasteiger partial charge on any atom is -0.748 e. The van der Waals surface area contributed by atoms with Gasteiger partial charge in [-0.15, -0.1) is 11.6 Å². The first-order valence-corrected chi connectivity index (χ1v) is 6.34. The van der Waals surface area contributed by atoms with Crippen LogP contribution in [-0.2, 0) is 17.1 Å². The molecular weight excluding hydrogens is 271 g/mol. The summed E-state index contributed by atoms with van der Waals surface area (Å²) in [6.45, 7) is 2.17. The van der Waals surface area contributed by atoms with Crippen LogP contribution in [0.3, 0.4) is 0 Å². The summed E-state index contributed by atoms with van der Waals surface area (Å²) < 4.78 is 0. The van der Waals surface area contributed by atoms with E-state index in [1.165, 1.54) is 19.3 Å². The van der Waals surface area contributed by atoms with E-state index in [0.717, 1.165) is 5.88 Å². The summed E-state index contributed by atoms with van der Waals surface area (Å²) in [4.78, 5) is 0. The summed E-state index contributed by atoms with van der Waals surface area (Å²) in [6.07, 6.45) is 3.73. The largest absolute Gasteiger partial charge is 0.748 e. The van der Waals surface area contributed by atoms with Crippen LogP contribution in [0.2, 0.25) is 0 Å². The topological polar surface area (TPSA) is 0 Å². The quantitative estimate of drug-likeness (QED) is 0.315. The zero-order valence-corrected chi connectivity index (χ0v) is 12.2. The first-order chi connectivity index (χ1) is 7.91. The van der Waals surface area contributed by atoms with E-state index in [-0.39, 0.29) is 17.1 Å². The first kappa shape index (κ1) is 18.9. The average Bonchev–Trinajstić information content (AvgIpc) is 3.00. The SMILES string of the molecule is CCCCCCl.[Fe].[cH-]1[cH-][cH-][cH-][cH-]1.c1cc[cH-]c1. The van der Waals surface area contributed by atoms with Crippen molar-refractivity contribution in [2.45, 2.75) is 26.2 Å². The second-order valence-electron chi connectivity index (χ2n) is 3.32. The summed E-state index contributed by atoms with van der Waals surface area (Å²) in [7, 11) is 0. The Morgan fingerprint density at radius 1 is 0.882 bits per heavy atom. The van der Waals surface area contributed by atoms with Crippen molar-refractivity contribution >= 4 is 11.6 Å². The monoisotopic (exact) mass is 292 g/mol. The molecule has 17 heavy (non-hydrogen) atoms. The van der Waals surface area contributed by atoms with Crippen molar-refractivity contribution in [3.63, 3.8) is 0 Å². The van der Waals surface area contributed by atoms with Gasteiger partial charge in [-0.25, -0.2) is 12.1 Å². The zero-order valence-electron chi connectivity index (χ0n) is 10.3. The molecule has 2 aromatic carbocycles. The smallest absolute Gasteiger partial charge is 0.0223 e. The zero-order chi connectivity index (χ0) is 11.9. The Morgan fingerprint density at radius 3 is 1.53 bits per heavy atom. The third kappa shape index (κ3) is 18.1. The van der Waals surface area contributed by atoms with E-state index in [1.54, 1.807) is 0 Å². The fourth-order valence-electron chi connectivity index (χ4n) is 0.986. The molecule has 0 radical (unpaired) electrons. The Bertz CT molecular complexity index is 196. The molecule has 0 spiro atoms. The summed E-state index contributed by atoms with van der Waals surface area (Å²) >= 11 is 5.38. The van der Waals surface area contributed by atoms with Crippen LogP contribution in [0.1, 0.15) is 26.2 Å². The number of hydrogen-bond donors (Lipinski definition) is 0. The minimum absolute atomic E-state index is 0. The molecule has 0 saturated carbocycles. The van der Waals surface area contributed by atoms with Crippen molar-refractivity contribution in [2.75, 3.05) is 5.88 Å². The molecular formula is C15H21ClFe-6. The second-order valence-corrected chi connectivity index (χ2v) is 3.70. The van der Waals surface area contributed by atoms with Gasteiger partial charge in [0.2, 0.25) is 0 Å². The number of unbranched alkanes of at least 4 members (excludes halogenated alkanes) is 2. The van der Waals surface area contributed by atoms with Crippen LogP contribution < -0.4 is 0 Å². The molecule has 2 rings (SSSR count). The standard InChI is InChI=1S/C5H11Cl.2C5H5.Fe/c1-2-3-4-5-6;2*1-2-4-5-3-1;/h2-5H2,1H3;2*1-5H;/q;-5;-1;. The Morgan fingerprint density at radius 2 is 1.35 bits per heavy atom. The van der Waals surface area contributed by atoms with Gasteiger partial charge in [0.05, 0.1) is 0 Å². The van der Waals surface area contributed by atoms with Gasteiger partial charge in [-0.05, 0) is 6.42 Å². The molecule has 0 aliphatic heterocycles. The first-order valence-electron chi connectivity index (χ1n) is 5.81. The molecule has 0 amide bonds. The average molecular weight is 293 g/mol. The van der Waals surface area contributed by atoms with Gasteiger partial charge in [-0.2, -0.15) is 18.2 Å². The van der Waals surface area contributed by atoms with Crippen LogP contribution in [0, 0.1) is 0 Å². The van der Waals surface area contributed by atoms with Crippen molar-refractivity contribution in [3.05, 3.63) is 60.7 Å². The van der Waals surface area contributed by atoms with Crippen molar-refractivity contribution in [3.8, 4) is 0 Å². The van der Waals surface area contributed by atoms with Gasteiger partial charge >= 0.3 is 0 Å².